The number of hydrazone groups is 1. The van der Waals surface area contributed by atoms with Crippen LogP contribution in [0.3, 0.4) is 0 Å². The second kappa shape index (κ2) is 10.4. The van der Waals surface area contributed by atoms with Gasteiger partial charge in [-0.2, -0.15) is 18.3 Å². The average molecular weight is 537 g/mol. The molecule has 0 spiro atoms. The minimum absolute atomic E-state index is 0.00520. The van der Waals surface area contributed by atoms with Crippen LogP contribution in [0.5, 0.6) is 0 Å². The quantitative estimate of drug-likeness (QED) is 0.495. The Morgan fingerprint density at radius 3 is 2.56 bits per heavy atom. The molecule has 2 N–H and O–H groups in total. The number of nitrogens with one attached hydrogen (secondary N) is 2. The van der Waals surface area contributed by atoms with Gasteiger partial charge in [-0.05, 0) is 37.6 Å². The number of aromatic nitrogens is 1. The highest BCUT2D eigenvalue weighted by Crippen LogP contribution is 2.35. The molecule has 2 aromatic rings. The van der Waals surface area contributed by atoms with E-state index < -0.39 is 36.2 Å². The zero-order chi connectivity index (χ0) is 25.2. The number of nitrogens with zero attached hydrogens (tertiary/aromatic N) is 3. The molecule has 0 bridgehead atoms. The molecule has 1 aliphatic heterocycles. The van der Waals surface area contributed by atoms with Gasteiger partial charge in [-0.15, -0.1) is 0 Å². The Bertz CT molecular complexity index is 1140. The molecule has 34 heavy (non-hydrogen) atoms. The van der Waals surface area contributed by atoms with Gasteiger partial charge in [0.2, 0.25) is 5.91 Å². The van der Waals surface area contributed by atoms with Crippen molar-refractivity contribution in [2.24, 2.45) is 5.10 Å². The van der Waals surface area contributed by atoms with Crippen LogP contribution in [0, 0.1) is 0 Å². The van der Waals surface area contributed by atoms with E-state index in [-0.39, 0.29) is 38.2 Å². The number of halogens is 6. The Labute approximate surface area is 208 Å². The highest BCUT2D eigenvalue weighted by Gasteiger charge is 2.46. The summed E-state index contributed by atoms with van der Waals surface area (Å²) in [6.07, 6.45) is -3.58. The van der Waals surface area contributed by atoms with Crippen molar-refractivity contribution < 1.29 is 22.8 Å². The van der Waals surface area contributed by atoms with Gasteiger partial charge in [0.1, 0.15) is 11.8 Å². The number of anilines is 2. The fourth-order valence-corrected chi connectivity index (χ4v) is 3.87. The molecule has 3 rings (SSSR count). The summed E-state index contributed by atoms with van der Waals surface area (Å²) in [7, 11) is 0. The van der Waals surface area contributed by atoms with Gasteiger partial charge >= 0.3 is 6.18 Å². The van der Waals surface area contributed by atoms with Crippen LogP contribution in [0.1, 0.15) is 37.0 Å². The molecule has 1 aliphatic rings. The van der Waals surface area contributed by atoms with E-state index in [0.717, 1.165) is 5.01 Å². The van der Waals surface area contributed by atoms with E-state index in [4.69, 9.17) is 34.8 Å². The molecule has 1 aromatic carbocycles. The van der Waals surface area contributed by atoms with Gasteiger partial charge in [-0.25, -0.2) is 9.99 Å². The van der Waals surface area contributed by atoms with Crippen molar-refractivity contribution in [3.05, 3.63) is 51.1 Å². The van der Waals surface area contributed by atoms with Crippen LogP contribution in [-0.4, -0.2) is 40.8 Å². The van der Waals surface area contributed by atoms with Crippen molar-refractivity contribution in [3.8, 4) is 0 Å². The van der Waals surface area contributed by atoms with Crippen molar-refractivity contribution in [2.45, 2.75) is 44.9 Å². The first-order valence-corrected chi connectivity index (χ1v) is 11.2. The van der Waals surface area contributed by atoms with E-state index in [0.29, 0.717) is 6.42 Å². The molecule has 2 heterocycles. The Hall–Kier alpha value is -2.56. The third-order valence-electron chi connectivity index (χ3n) is 5.03. The fourth-order valence-electron chi connectivity index (χ4n) is 3.12. The molecule has 0 saturated carbocycles. The van der Waals surface area contributed by atoms with E-state index in [1.54, 1.807) is 6.92 Å². The Morgan fingerprint density at radius 2 is 1.94 bits per heavy atom. The molecule has 7 nitrogen and oxygen atoms in total. The number of benzene rings is 1. The first-order valence-electron chi connectivity index (χ1n) is 10.1. The summed E-state index contributed by atoms with van der Waals surface area (Å²) >= 11 is 18.4. The molecule has 182 valence electrons. The first kappa shape index (κ1) is 26.1. The lowest BCUT2D eigenvalue weighted by molar-refractivity contribution is -0.117. The Morgan fingerprint density at radius 1 is 1.24 bits per heavy atom. The van der Waals surface area contributed by atoms with Gasteiger partial charge in [0, 0.05) is 23.7 Å². The Balaban J connectivity index is 1.97. The van der Waals surface area contributed by atoms with Gasteiger partial charge in [-0.1, -0.05) is 41.7 Å². The van der Waals surface area contributed by atoms with E-state index >= 15 is 0 Å². The van der Waals surface area contributed by atoms with Gasteiger partial charge in [0.05, 0.1) is 21.3 Å². The van der Waals surface area contributed by atoms with Crippen molar-refractivity contribution in [1.29, 1.82) is 0 Å². The average Bonchev–Trinajstić information content (AvgIpc) is 3.21. The number of hydrogen-bond acceptors (Lipinski definition) is 5. The molecule has 2 atom stereocenters. The zero-order valence-corrected chi connectivity index (χ0v) is 20.1. The molecule has 0 saturated heterocycles. The lowest BCUT2D eigenvalue weighted by Gasteiger charge is -2.23. The SMILES string of the molecule is CCC(C)NC(=O)c1cc(Cl)cc(Cl)c1NC(=O)C1CC(C(F)(F)F)=NN1c1ncccc1Cl. The Kier molecular flexibility index (Phi) is 7.95. The van der Waals surface area contributed by atoms with Crippen molar-refractivity contribution in [3.63, 3.8) is 0 Å². The van der Waals surface area contributed by atoms with Crippen LogP contribution in [0.4, 0.5) is 24.7 Å². The van der Waals surface area contributed by atoms with E-state index in [2.05, 4.69) is 20.7 Å². The predicted molar refractivity (Wildman–Crippen MR) is 126 cm³/mol. The number of amides is 2. The van der Waals surface area contributed by atoms with Crippen LogP contribution in [-0.2, 0) is 4.79 Å². The molecule has 13 heteroatoms. The molecular weight excluding hydrogens is 518 g/mol. The number of alkyl halides is 3. The summed E-state index contributed by atoms with van der Waals surface area (Å²) in [6, 6.07) is 3.86. The van der Waals surface area contributed by atoms with E-state index in [1.165, 1.54) is 30.5 Å². The summed E-state index contributed by atoms with van der Waals surface area (Å²) in [6.45, 7) is 3.65. The van der Waals surface area contributed by atoms with E-state index in [1.807, 2.05) is 6.92 Å². The van der Waals surface area contributed by atoms with Crippen molar-refractivity contribution in [1.82, 2.24) is 10.3 Å². The van der Waals surface area contributed by atoms with Crippen LogP contribution >= 0.6 is 34.8 Å². The molecule has 0 fully saturated rings. The molecule has 2 unspecified atom stereocenters. The smallest absolute Gasteiger partial charge is 0.350 e. The predicted octanol–water partition coefficient (Wildman–Crippen LogP) is 5.71. The third-order valence-corrected chi connectivity index (χ3v) is 5.85. The molecule has 0 radical (unpaired) electrons. The summed E-state index contributed by atoms with van der Waals surface area (Å²) in [4.78, 5) is 29.9. The fraction of sp³-hybridized carbons (Fsp3) is 0.333. The maximum atomic E-state index is 13.4. The topological polar surface area (TPSA) is 86.7 Å². The number of rotatable bonds is 6. The second-order valence-electron chi connectivity index (χ2n) is 7.50. The number of carbonyl (C=O) groups is 2. The van der Waals surface area contributed by atoms with Gasteiger partial charge in [0.15, 0.2) is 5.82 Å². The number of carbonyl (C=O) groups excluding carboxylic acids is 2. The molecule has 0 aliphatic carbocycles. The second-order valence-corrected chi connectivity index (χ2v) is 8.75. The first-order chi connectivity index (χ1) is 15.9. The normalized spacial score (nSPS) is 16.8. The third kappa shape index (κ3) is 5.73. The largest absolute Gasteiger partial charge is 0.431 e. The summed E-state index contributed by atoms with van der Waals surface area (Å²) in [5, 5.41) is 9.66. The maximum Gasteiger partial charge on any atom is 0.431 e. The zero-order valence-electron chi connectivity index (χ0n) is 17.9. The van der Waals surface area contributed by atoms with Crippen LogP contribution < -0.4 is 15.6 Å². The molecule has 1 aromatic heterocycles. The monoisotopic (exact) mass is 535 g/mol. The van der Waals surface area contributed by atoms with Gasteiger partial charge in [0.25, 0.3) is 5.91 Å². The van der Waals surface area contributed by atoms with Crippen LogP contribution in [0.2, 0.25) is 15.1 Å². The van der Waals surface area contributed by atoms with E-state index in [9.17, 15) is 22.8 Å². The summed E-state index contributed by atoms with van der Waals surface area (Å²) in [5.41, 5.74) is -1.31. The summed E-state index contributed by atoms with van der Waals surface area (Å²) in [5.74, 6) is -1.58. The maximum absolute atomic E-state index is 13.4. The number of pyridine rings is 1. The summed E-state index contributed by atoms with van der Waals surface area (Å²) < 4.78 is 40.2. The van der Waals surface area contributed by atoms with Crippen molar-refractivity contribution in [2.75, 3.05) is 10.3 Å². The highest BCUT2D eigenvalue weighted by atomic mass is 35.5. The van der Waals surface area contributed by atoms with Gasteiger partial charge < -0.3 is 10.6 Å². The van der Waals surface area contributed by atoms with Crippen molar-refractivity contribution >= 4 is 63.8 Å². The minimum atomic E-state index is -4.77. The highest BCUT2D eigenvalue weighted by molar-refractivity contribution is 6.38. The van der Waals surface area contributed by atoms with Crippen LogP contribution in [0.15, 0.2) is 35.6 Å². The van der Waals surface area contributed by atoms with Crippen LogP contribution in [0.25, 0.3) is 0 Å². The lowest BCUT2D eigenvalue weighted by atomic mass is 10.1. The standard InChI is InChI=1S/C21H19Cl3F3N5O2/c1-3-10(2)29-19(33)12-7-11(22)8-14(24)17(12)30-20(34)15-9-16(21(25,26)27)31-32(15)18-13(23)5-4-6-28-18/h4-8,10,15H,3,9H2,1-2H3,(H,29,33)(H,30,34). The number of hydrogen-bond donors (Lipinski definition) is 2. The van der Waals surface area contributed by atoms with Gasteiger partial charge in [-0.3, -0.25) is 9.59 Å². The minimum Gasteiger partial charge on any atom is -0.350 e. The molecule has 2 amide bonds. The molecular formula is C21H19Cl3F3N5O2. The lowest BCUT2D eigenvalue weighted by Crippen LogP contribution is -2.40.